The first-order chi connectivity index (χ1) is 12.0. The maximum Gasteiger partial charge on any atom is 0.254 e. The summed E-state index contributed by atoms with van der Waals surface area (Å²) >= 11 is 5.89. The van der Waals surface area contributed by atoms with Gasteiger partial charge in [0.1, 0.15) is 5.82 Å². The van der Waals surface area contributed by atoms with E-state index in [1.54, 1.807) is 29.3 Å². The van der Waals surface area contributed by atoms with E-state index in [0.29, 0.717) is 33.8 Å². The molecule has 0 saturated carbocycles. The molecule has 0 aliphatic carbocycles. The lowest BCUT2D eigenvalue weighted by Gasteiger charge is -2.09. The molecule has 0 aliphatic rings. The van der Waals surface area contributed by atoms with Crippen molar-refractivity contribution in [2.75, 3.05) is 5.32 Å². The molecule has 0 unspecified atom stereocenters. The number of hydrogen-bond acceptors (Lipinski definition) is 6. The summed E-state index contributed by atoms with van der Waals surface area (Å²) in [5, 5.41) is 8.22. The molecule has 1 N–H and O–H groups in total. The molecule has 4 heterocycles. The van der Waals surface area contributed by atoms with Crippen LogP contribution in [0.3, 0.4) is 0 Å². The van der Waals surface area contributed by atoms with Crippen LogP contribution >= 0.6 is 11.6 Å². The molecule has 0 saturated heterocycles. The fourth-order valence-electron chi connectivity index (χ4n) is 2.58. The van der Waals surface area contributed by atoms with Crippen LogP contribution in [-0.2, 0) is 7.05 Å². The Hall–Kier alpha value is -3.00. The quantitative estimate of drug-likeness (QED) is 0.608. The van der Waals surface area contributed by atoms with Crippen molar-refractivity contribution in [2.45, 2.75) is 13.8 Å². The van der Waals surface area contributed by atoms with E-state index in [1.807, 2.05) is 31.5 Å². The summed E-state index contributed by atoms with van der Waals surface area (Å²) in [5.74, 6) is 1.65. The molecule has 4 rings (SSSR count). The van der Waals surface area contributed by atoms with Gasteiger partial charge in [-0.3, -0.25) is 0 Å². The summed E-state index contributed by atoms with van der Waals surface area (Å²) in [4.78, 5) is 17.8. The van der Waals surface area contributed by atoms with Crippen LogP contribution in [0.5, 0.6) is 0 Å². The van der Waals surface area contributed by atoms with Crippen molar-refractivity contribution in [1.82, 2.24) is 34.3 Å². The van der Waals surface area contributed by atoms with Crippen LogP contribution in [0.1, 0.15) is 11.4 Å². The lowest BCUT2D eigenvalue weighted by Crippen LogP contribution is -2.08. The molecule has 4 aromatic rings. The fraction of sp³-hybridized carbons (Fsp3) is 0.188. The van der Waals surface area contributed by atoms with Crippen molar-refractivity contribution in [2.24, 2.45) is 7.05 Å². The van der Waals surface area contributed by atoms with Gasteiger partial charge in [0.05, 0.1) is 17.0 Å². The molecule has 0 radical (unpaired) electrons. The normalized spacial score (nSPS) is 11.2. The SMILES string of the molecule is Cc1cc(C)n(-c2nc(Nc3ccc(Cl)cn3)c3ncn(C)c3n2)n1. The molecule has 4 aromatic heterocycles. The van der Waals surface area contributed by atoms with Gasteiger partial charge < -0.3 is 9.88 Å². The number of halogens is 1. The summed E-state index contributed by atoms with van der Waals surface area (Å²) in [6, 6.07) is 5.52. The summed E-state index contributed by atoms with van der Waals surface area (Å²) in [6.07, 6.45) is 3.27. The number of nitrogens with zero attached hydrogens (tertiary/aromatic N) is 7. The molecule has 0 aromatic carbocycles. The molecule has 0 amide bonds. The van der Waals surface area contributed by atoms with Crippen molar-refractivity contribution in [3.8, 4) is 5.95 Å². The average molecular weight is 355 g/mol. The van der Waals surface area contributed by atoms with Crippen molar-refractivity contribution in [3.05, 3.63) is 47.1 Å². The van der Waals surface area contributed by atoms with Gasteiger partial charge in [0.25, 0.3) is 5.95 Å². The van der Waals surface area contributed by atoms with Crippen LogP contribution in [0.25, 0.3) is 17.1 Å². The molecule has 25 heavy (non-hydrogen) atoms. The molecule has 126 valence electrons. The van der Waals surface area contributed by atoms with E-state index in [9.17, 15) is 0 Å². The van der Waals surface area contributed by atoms with Gasteiger partial charge in [-0.1, -0.05) is 11.6 Å². The van der Waals surface area contributed by atoms with Crippen molar-refractivity contribution >= 4 is 34.4 Å². The van der Waals surface area contributed by atoms with Gasteiger partial charge in [-0.15, -0.1) is 0 Å². The number of imidazole rings is 1. The molecule has 0 fully saturated rings. The topological polar surface area (TPSA) is 86.3 Å². The standard InChI is InChI=1S/C16H15ClN8/c1-9-6-10(2)25(23-9)16-21-14(13-15(22-16)24(3)8-19-13)20-12-5-4-11(17)7-18-12/h4-8H,1-3H3,(H,18,20,21,22). The highest BCUT2D eigenvalue weighted by molar-refractivity contribution is 6.30. The highest BCUT2D eigenvalue weighted by atomic mass is 35.5. The summed E-state index contributed by atoms with van der Waals surface area (Å²) in [7, 11) is 1.89. The first-order valence-electron chi connectivity index (χ1n) is 7.62. The fourth-order valence-corrected chi connectivity index (χ4v) is 2.69. The van der Waals surface area contributed by atoms with Crippen molar-refractivity contribution < 1.29 is 0 Å². The number of anilines is 2. The monoisotopic (exact) mass is 354 g/mol. The van der Waals surface area contributed by atoms with Gasteiger partial charge in [-0.05, 0) is 32.0 Å². The number of nitrogens with one attached hydrogen (secondary N) is 1. The van der Waals surface area contributed by atoms with E-state index in [2.05, 4.69) is 30.4 Å². The van der Waals surface area contributed by atoms with Crippen LogP contribution in [0.15, 0.2) is 30.7 Å². The molecule has 0 spiro atoms. The van der Waals surface area contributed by atoms with E-state index in [0.717, 1.165) is 11.4 Å². The number of aryl methyl sites for hydroxylation is 3. The Kier molecular flexibility index (Phi) is 3.61. The number of pyridine rings is 1. The van der Waals surface area contributed by atoms with E-state index in [-0.39, 0.29) is 0 Å². The average Bonchev–Trinajstić information content (AvgIpc) is 3.12. The molecule has 9 heteroatoms. The van der Waals surface area contributed by atoms with E-state index >= 15 is 0 Å². The van der Waals surface area contributed by atoms with Crippen LogP contribution in [0.2, 0.25) is 5.02 Å². The zero-order chi connectivity index (χ0) is 17.6. The molecule has 8 nitrogen and oxygen atoms in total. The minimum atomic E-state index is 0.471. The maximum atomic E-state index is 5.89. The zero-order valence-corrected chi connectivity index (χ0v) is 14.7. The Morgan fingerprint density at radius 3 is 2.64 bits per heavy atom. The van der Waals surface area contributed by atoms with E-state index in [4.69, 9.17) is 11.6 Å². The Morgan fingerprint density at radius 2 is 1.96 bits per heavy atom. The van der Waals surface area contributed by atoms with Gasteiger partial charge in [0.2, 0.25) is 0 Å². The lowest BCUT2D eigenvalue weighted by atomic mass is 10.4. The number of aromatic nitrogens is 7. The minimum Gasteiger partial charge on any atom is -0.323 e. The predicted molar refractivity (Wildman–Crippen MR) is 95.4 cm³/mol. The van der Waals surface area contributed by atoms with Crippen molar-refractivity contribution in [3.63, 3.8) is 0 Å². The van der Waals surface area contributed by atoms with Crippen LogP contribution in [-0.4, -0.2) is 34.3 Å². The van der Waals surface area contributed by atoms with Crippen molar-refractivity contribution in [1.29, 1.82) is 0 Å². The number of rotatable bonds is 3. The Labute approximate surface area is 148 Å². The Bertz CT molecular complexity index is 1060. The van der Waals surface area contributed by atoms with Crippen LogP contribution in [0.4, 0.5) is 11.6 Å². The molecular formula is C16H15ClN8. The Morgan fingerprint density at radius 1 is 1.12 bits per heavy atom. The Balaban J connectivity index is 1.87. The summed E-state index contributed by atoms with van der Waals surface area (Å²) in [6.45, 7) is 3.90. The van der Waals surface area contributed by atoms with E-state index < -0.39 is 0 Å². The van der Waals surface area contributed by atoms with Crippen LogP contribution < -0.4 is 5.32 Å². The molecule has 0 bridgehead atoms. The smallest absolute Gasteiger partial charge is 0.254 e. The second-order valence-electron chi connectivity index (χ2n) is 5.73. The number of fused-ring (bicyclic) bond motifs is 1. The molecule has 0 aliphatic heterocycles. The van der Waals surface area contributed by atoms with E-state index in [1.165, 1.54) is 0 Å². The summed E-state index contributed by atoms with van der Waals surface area (Å²) < 4.78 is 3.55. The van der Waals surface area contributed by atoms with Gasteiger partial charge >= 0.3 is 0 Å². The third-order valence-electron chi connectivity index (χ3n) is 3.72. The first kappa shape index (κ1) is 15.5. The summed E-state index contributed by atoms with van der Waals surface area (Å²) in [5.41, 5.74) is 3.22. The lowest BCUT2D eigenvalue weighted by molar-refractivity contribution is 0.775. The third kappa shape index (κ3) is 2.80. The van der Waals surface area contributed by atoms with Gasteiger partial charge in [0.15, 0.2) is 17.0 Å². The predicted octanol–water partition coefficient (Wildman–Crippen LogP) is 2.96. The van der Waals surface area contributed by atoms with Crippen LogP contribution in [0, 0.1) is 13.8 Å². The minimum absolute atomic E-state index is 0.471. The second kappa shape index (κ2) is 5.82. The molecular weight excluding hydrogens is 340 g/mol. The first-order valence-corrected chi connectivity index (χ1v) is 8.00. The van der Waals surface area contributed by atoms with Gasteiger partial charge in [-0.2, -0.15) is 15.1 Å². The largest absolute Gasteiger partial charge is 0.323 e. The van der Waals surface area contributed by atoms with Gasteiger partial charge in [-0.25, -0.2) is 14.6 Å². The highest BCUT2D eigenvalue weighted by Crippen LogP contribution is 2.23. The maximum absolute atomic E-state index is 5.89. The van der Waals surface area contributed by atoms with Gasteiger partial charge in [0, 0.05) is 18.9 Å². The highest BCUT2D eigenvalue weighted by Gasteiger charge is 2.15. The number of hydrogen-bond donors (Lipinski definition) is 1. The third-order valence-corrected chi connectivity index (χ3v) is 3.94. The molecule has 0 atom stereocenters. The second-order valence-corrected chi connectivity index (χ2v) is 6.16. The zero-order valence-electron chi connectivity index (χ0n) is 13.9.